The molecule has 2 unspecified atom stereocenters. The second-order valence-corrected chi connectivity index (χ2v) is 4.37. The first-order valence-corrected chi connectivity index (χ1v) is 5.36. The van der Waals surface area contributed by atoms with Crippen LogP contribution in [0.3, 0.4) is 0 Å². The van der Waals surface area contributed by atoms with Crippen LogP contribution in [-0.4, -0.2) is 6.10 Å². The molecule has 0 spiro atoms. The number of nitrogens with two attached hydrogens (primary N) is 1. The lowest BCUT2D eigenvalue weighted by Crippen LogP contribution is -2.30. The number of hydrogen-bond donors (Lipinski definition) is 1. The molecule has 1 aromatic carbocycles. The molecule has 0 radical (unpaired) electrons. The quantitative estimate of drug-likeness (QED) is 0.735. The Labute approximate surface area is 84.1 Å². The molecular formula is C12H15NO. The Balaban J connectivity index is 1.91. The van der Waals surface area contributed by atoms with E-state index < -0.39 is 0 Å². The van der Waals surface area contributed by atoms with Gasteiger partial charge in [-0.05, 0) is 24.8 Å². The van der Waals surface area contributed by atoms with E-state index in [1.807, 2.05) is 18.2 Å². The molecule has 3 rings (SSSR count). The Hall–Kier alpha value is -1.02. The van der Waals surface area contributed by atoms with E-state index in [1.54, 1.807) is 0 Å². The molecule has 0 aromatic heterocycles. The molecule has 0 saturated heterocycles. The monoisotopic (exact) mass is 189 g/mol. The molecule has 1 aromatic rings. The minimum Gasteiger partial charge on any atom is -0.490 e. The minimum absolute atomic E-state index is 0.172. The lowest BCUT2D eigenvalue weighted by Gasteiger charge is -2.30. The Morgan fingerprint density at radius 1 is 1.21 bits per heavy atom. The Morgan fingerprint density at radius 3 is 2.79 bits per heavy atom. The van der Waals surface area contributed by atoms with Gasteiger partial charge in [-0.1, -0.05) is 18.2 Å². The fourth-order valence-corrected chi connectivity index (χ4v) is 2.24. The average Bonchev–Trinajstić information content (AvgIpc) is 3.01. The third-order valence-corrected chi connectivity index (χ3v) is 3.23. The zero-order chi connectivity index (χ0) is 9.54. The molecule has 74 valence electrons. The first-order valence-electron chi connectivity index (χ1n) is 5.36. The maximum absolute atomic E-state index is 6.12. The van der Waals surface area contributed by atoms with E-state index in [0.29, 0.717) is 6.10 Å². The summed E-state index contributed by atoms with van der Waals surface area (Å²) in [5.74, 6) is 1.78. The highest BCUT2D eigenvalue weighted by molar-refractivity contribution is 5.37. The fraction of sp³-hybridized carbons (Fsp3) is 0.500. The van der Waals surface area contributed by atoms with Gasteiger partial charge in [-0.3, -0.25) is 0 Å². The number of rotatable bonds is 1. The highest BCUT2D eigenvalue weighted by atomic mass is 16.5. The lowest BCUT2D eigenvalue weighted by molar-refractivity contribution is 0.138. The van der Waals surface area contributed by atoms with E-state index in [9.17, 15) is 0 Å². The molecule has 0 amide bonds. The van der Waals surface area contributed by atoms with E-state index in [-0.39, 0.29) is 6.04 Å². The van der Waals surface area contributed by atoms with Gasteiger partial charge in [-0.25, -0.2) is 0 Å². The molecule has 1 heterocycles. The molecule has 1 fully saturated rings. The van der Waals surface area contributed by atoms with Crippen molar-refractivity contribution in [1.82, 2.24) is 0 Å². The molecule has 2 nitrogen and oxygen atoms in total. The highest BCUT2D eigenvalue weighted by Gasteiger charge is 2.37. The zero-order valence-corrected chi connectivity index (χ0v) is 8.15. The molecule has 14 heavy (non-hydrogen) atoms. The Bertz CT molecular complexity index is 346. The summed E-state index contributed by atoms with van der Waals surface area (Å²) in [5, 5.41) is 0. The second-order valence-electron chi connectivity index (χ2n) is 4.37. The van der Waals surface area contributed by atoms with Crippen molar-refractivity contribution in [2.45, 2.75) is 31.4 Å². The van der Waals surface area contributed by atoms with Crippen molar-refractivity contribution in [3.05, 3.63) is 29.8 Å². The molecule has 2 N–H and O–H groups in total. The van der Waals surface area contributed by atoms with Crippen molar-refractivity contribution in [2.24, 2.45) is 11.7 Å². The molecule has 2 heteroatoms. The van der Waals surface area contributed by atoms with Gasteiger partial charge >= 0.3 is 0 Å². The Kier molecular flexibility index (Phi) is 1.77. The largest absolute Gasteiger partial charge is 0.490 e. The SMILES string of the molecule is NC1CC(C2CC2)Oc2ccccc21. The van der Waals surface area contributed by atoms with Crippen molar-refractivity contribution in [3.8, 4) is 5.75 Å². The fourth-order valence-electron chi connectivity index (χ4n) is 2.24. The number of benzene rings is 1. The maximum Gasteiger partial charge on any atom is 0.124 e. The highest BCUT2D eigenvalue weighted by Crippen LogP contribution is 2.42. The number of para-hydroxylation sites is 1. The van der Waals surface area contributed by atoms with E-state index in [1.165, 1.54) is 18.4 Å². The summed E-state index contributed by atoms with van der Waals surface area (Å²) in [7, 11) is 0. The van der Waals surface area contributed by atoms with Crippen molar-refractivity contribution in [1.29, 1.82) is 0 Å². The van der Waals surface area contributed by atoms with Crippen molar-refractivity contribution < 1.29 is 4.74 Å². The molecule has 0 bridgehead atoms. The van der Waals surface area contributed by atoms with Crippen LogP contribution >= 0.6 is 0 Å². The van der Waals surface area contributed by atoms with Gasteiger partial charge in [-0.2, -0.15) is 0 Å². The molecule has 1 aliphatic heterocycles. The van der Waals surface area contributed by atoms with Crippen LogP contribution < -0.4 is 10.5 Å². The van der Waals surface area contributed by atoms with E-state index in [4.69, 9.17) is 10.5 Å². The van der Waals surface area contributed by atoms with Gasteiger partial charge in [0, 0.05) is 18.0 Å². The Morgan fingerprint density at radius 2 is 2.00 bits per heavy atom. The molecule has 2 atom stereocenters. The van der Waals surface area contributed by atoms with E-state index in [0.717, 1.165) is 18.1 Å². The van der Waals surface area contributed by atoms with Crippen molar-refractivity contribution >= 4 is 0 Å². The average molecular weight is 189 g/mol. The summed E-state index contributed by atoms with van der Waals surface area (Å²) in [4.78, 5) is 0. The third-order valence-electron chi connectivity index (χ3n) is 3.23. The van der Waals surface area contributed by atoms with Gasteiger partial charge in [0.15, 0.2) is 0 Å². The smallest absolute Gasteiger partial charge is 0.124 e. The lowest BCUT2D eigenvalue weighted by atomic mass is 9.95. The minimum atomic E-state index is 0.172. The first-order chi connectivity index (χ1) is 6.84. The zero-order valence-electron chi connectivity index (χ0n) is 8.15. The number of hydrogen-bond acceptors (Lipinski definition) is 2. The van der Waals surface area contributed by atoms with E-state index in [2.05, 4.69) is 6.07 Å². The second kappa shape index (κ2) is 2.99. The van der Waals surface area contributed by atoms with Gasteiger partial charge in [0.1, 0.15) is 11.9 Å². The van der Waals surface area contributed by atoms with Crippen LogP contribution in [0.1, 0.15) is 30.9 Å². The summed E-state index contributed by atoms with van der Waals surface area (Å²) < 4.78 is 5.95. The molecule has 1 aliphatic carbocycles. The van der Waals surface area contributed by atoms with Crippen LogP contribution in [0.15, 0.2) is 24.3 Å². The summed E-state index contributed by atoms with van der Waals surface area (Å²) in [5.41, 5.74) is 7.29. The van der Waals surface area contributed by atoms with Gasteiger partial charge in [0.25, 0.3) is 0 Å². The first kappa shape index (κ1) is 8.30. The van der Waals surface area contributed by atoms with Crippen LogP contribution in [0.25, 0.3) is 0 Å². The summed E-state index contributed by atoms with van der Waals surface area (Å²) in [6.07, 6.45) is 4.00. The van der Waals surface area contributed by atoms with E-state index >= 15 is 0 Å². The number of ether oxygens (including phenoxy) is 1. The molecule has 1 saturated carbocycles. The normalized spacial score (nSPS) is 30.6. The summed E-state index contributed by atoms with van der Waals surface area (Å²) >= 11 is 0. The van der Waals surface area contributed by atoms with Crippen LogP contribution in [0, 0.1) is 5.92 Å². The summed E-state index contributed by atoms with van der Waals surface area (Å²) in [6.45, 7) is 0. The number of fused-ring (bicyclic) bond motifs is 1. The van der Waals surface area contributed by atoms with Gasteiger partial charge in [0.05, 0.1) is 0 Å². The third kappa shape index (κ3) is 1.30. The predicted octanol–water partition coefficient (Wildman–Crippen LogP) is 2.25. The maximum atomic E-state index is 6.12. The standard InChI is InChI=1S/C12H15NO/c13-10-7-12(8-5-6-8)14-11-4-2-1-3-9(10)11/h1-4,8,10,12H,5-7,13H2. The van der Waals surface area contributed by atoms with Crippen LogP contribution in [-0.2, 0) is 0 Å². The topological polar surface area (TPSA) is 35.2 Å². The van der Waals surface area contributed by atoms with Gasteiger partial charge < -0.3 is 10.5 Å². The predicted molar refractivity (Wildman–Crippen MR) is 55.1 cm³/mol. The van der Waals surface area contributed by atoms with Gasteiger partial charge in [0.2, 0.25) is 0 Å². The van der Waals surface area contributed by atoms with Crippen molar-refractivity contribution in [2.75, 3.05) is 0 Å². The van der Waals surface area contributed by atoms with Crippen LogP contribution in [0.4, 0.5) is 0 Å². The van der Waals surface area contributed by atoms with Crippen LogP contribution in [0.5, 0.6) is 5.75 Å². The molecular weight excluding hydrogens is 174 g/mol. The van der Waals surface area contributed by atoms with Crippen molar-refractivity contribution in [3.63, 3.8) is 0 Å². The molecule has 2 aliphatic rings. The van der Waals surface area contributed by atoms with Crippen LogP contribution in [0.2, 0.25) is 0 Å². The van der Waals surface area contributed by atoms with Gasteiger partial charge in [-0.15, -0.1) is 0 Å². The summed E-state index contributed by atoms with van der Waals surface area (Å²) in [6, 6.07) is 8.32.